The summed E-state index contributed by atoms with van der Waals surface area (Å²) < 4.78 is 0. The summed E-state index contributed by atoms with van der Waals surface area (Å²) in [5.41, 5.74) is 4.77. The molecular weight excluding hydrogens is 244 g/mol. The maximum Gasteiger partial charge on any atom is 0.311 e. The highest BCUT2D eigenvalue weighted by Gasteiger charge is 2.48. The Morgan fingerprint density at radius 2 is 1.95 bits per heavy atom. The molecule has 2 fully saturated rings. The van der Waals surface area contributed by atoms with Crippen LogP contribution in [-0.4, -0.2) is 41.0 Å². The third kappa shape index (κ3) is 2.36. The number of carbonyl (C=O) groups is 2. The summed E-state index contributed by atoms with van der Waals surface area (Å²) in [5.74, 6) is -0.768. The van der Waals surface area contributed by atoms with Gasteiger partial charge in [0.05, 0.1) is 10.8 Å². The van der Waals surface area contributed by atoms with Crippen LogP contribution in [0.1, 0.15) is 46.0 Å². The van der Waals surface area contributed by atoms with E-state index < -0.39 is 16.8 Å². The van der Waals surface area contributed by atoms with E-state index in [1.165, 1.54) is 0 Å². The van der Waals surface area contributed by atoms with Gasteiger partial charge in [-0.05, 0) is 39.5 Å². The zero-order chi connectivity index (χ0) is 14.3. The van der Waals surface area contributed by atoms with Crippen LogP contribution in [-0.2, 0) is 9.59 Å². The second kappa shape index (κ2) is 4.78. The van der Waals surface area contributed by atoms with E-state index in [-0.39, 0.29) is 11.9 Å². The first-order chi connectivity index (χ1) is 8.79. The molecule has 3 atom stereocenters. The van der Waals surface area contributed by atoms with Gasteiger partial charge in [-0.3, -0.25) is 9.59 Å². The molecule has 2 rings (SSSR count). The number of carboxylic acids is 1. The molecule has 1 amide bonds. The van der Waals surface area contributed by atoms with Gasteiger partial charge in [-0.1, -0.05) is 6.42 Å². The minimum absolute atomic E-state index is 0.0460. The summed E-state index contributed by atoms with van der Waals surface area (Å²) in [7, 11) is 0. The fourth-order valence-electron chi connectivity index (χ4n) is 3.41. The van der Waals surface area contributed by atoms with Crippen molar-refractivity contribution in [2.24, 2.45) is 16.6 Å². The number of rotatable bonds is 2. The Morgan fingerprint density at radius 3 is 2.47 bits per heavy atom. The topological polar surface area (TPSA) is 83.6 Å². The van der Waals surface area contributed by atoms with Crippen molar-refractivity contribution in [3.8, 4) is 0 Å². The van der Waals surface area contributed by atoms with Crippen LogP contribution in [0.25, 0.3) is 0 Å². The van der Waals surface area contributed by atoms with Crippen LogP contribution in [0.3, 0.4) is 0 Å². The molecule has 0 aromatic heterocycles. The van der Waals surface area contributed by atoms with Gasteiger partial charge in [-0.15, -0.1) is 0 Å². The van der Waals surface area contributed by atoms with Gasteiger partial charge in [0.2, 0.25) is 5.91 Å². The number of nitrogens with zero attached hydrogens (tertiary/aromatic N) is 1. The molecule has 0 bridgehead atoms. The fraction of sp³-hybridized carbons (Fsp3) is 0.857. The summed E-state index contributed by atoms with van der Waals surface area (Å²) in [5, 5.41) is 9.32. The molecule has 3 unspecified atom stereocenters. The molecule has 1 heterocycles. The lowest BCUT2D eigenvalue weighted by molar-refractivity contribution is -0.156. The van der Waals surface area contributed by atoms with Crippen molar-refractivity contribution in [2.75, 3.05) is 13.1 Å². The molecule has 108 valence electrons. The smallest absolute Gasteiger partial charge is 0.311 e. The SMILES string of the molecule is CC1(C(=O)O)CCCN(C(=O)C2(C)CCCC2N)C1. The van der Waals surface area contributed by atoms with Gasteiger partial charge < -0.3 is 15.7 Å². The van der Waals surface area contributed by atoms with Gasteiger partial charge in [0, 0.05) is 19.1 Å². The number of piperidine rings is 1. The van der Waals surface area contributed by atoms with E-state index in [1.54, 1.807) is 11.8 Å². The number of aliphatic carboxylic acids is 1. The van der Waals surface area contributed by atoms with Crippen molar-refractivity contribution < 1.29 is 14.7 Å². The van der Waals surface area contributed by atoms with Gasteiger partial charge in [0.15, 0.2) is 0 Å². The monoisotopic (exact) mass is 268 g/mol. The molecule has 1 saturated heterocycles. The first kappa shape index (κ1) is 14.3. The Hall–Kier alpha value is -1.10. The molecule has 2 aliphatic rings. The summed E-state index contributed by atoms with van der Waals surface area (Å²) >= 11 is 0. The molecule has 5 nitrogen and oxygen atoms in total. The predicted molar refractivity (Wildman–Crippen MR) is 71.5 cm³/mol. The summed E-state index contributed by atoms with van der Waals surface area (Å²) in [6.07, 6.45) is 4.06. The molecule has 19 heavy (non-hydrogen) atoms. The van der Waals surface area contributed by atoms with E-state index in [2.05, 4.69) is 0 Å². The maximum absolute atomic E-state index is 12.7. The highest BCUT2D eigenvalue weighted by molar-refractivity contribution is 5.85. The lowest BCUT2D eigenvalue weighted by Crippen LogP contribution is -2.55. The first-order valence-corrected chi connectivity index (χ1v) is 7.08. The van der Waals surface area contributed by atoms with Gasteiger partial charge >= 0.3 is 5.97 Å². The van der Waals surface area contributed by atoms with Crippen LogP contribution in [0.2, 0.25) is 0 Å². The molecule has 1 aliphatic carbocycles. The second-order valence-electron chi connectivity index (χ2n) is 6.61. The number of carboxylic acid groups (broad SMARTS) is 1. The largest absolute Gasteiger partial charge is 0.481 e. The van der Waals surface area contributed by atoms with Crippen LogP contribution in [0.5, 0.6) is 0 Å². The highest BCUT2D eigenvalue weighted by Crippen LogP contribution is 2.40. The van der Waals surface area contributed by atoms with Gasteiger partial charge in [0.25, 0.3) is 0 Å². The average molecular weight is 268 g/mol. The number of nitrogens with two attached hydrogens (primary N) is 1. The molecule has 1 saturated carbocycles. The van der Waals surface area contributed by atoms with Crippen molar-refractivity contribution in [3.05, 3.63) is 0 Å². The predicted octanol–water partition coefficient (Wildman–Crippen LogP) is 1.22. The zero-order valence-corrected chi connectivity index (χ0v) is 11.8. The number of hydrogen-bond donors (Lipinski definition) is 2. The van der Waals surface area contributed by atoms with Crippen LogP contribution in [0, 0.1) is 10.8 Å². The molecule has 3 N–H and O–H groups in total. The number of hydrogen-bond acceptors (Lipinski definition) is 3. The normalized spacial score (nSPS) is 39.3. The van der Waals surface area contributed by atoms with Crippen LogP contribution in [0.15, 0.2) is 0 Å². The third-order valence-electron chi connectivity index (χ3n) is 5.02. The lowest BCUT2D eigenvalue weighted by atomic mass is 9.78. The summed E-state index contributed by atoms with van der Waals surface area (Å²) in [6, 6.07) is -0.0991. The lowest BCUT2D eigenvalue weighted by Gasteiger charge is -2.42. The van der Waals surface area contributed by atoms with E-state index in [9.17, 15) is 14.7 Å². The van der Waals surface area contributed by atoms with E-state index in [0.29, 0.717) is 19.5 Å². The molecule has 0 radical (unpaired) electrons. The second-order valence-corrected chi connectivity index (χ2v) is 6.61. The number of carbonyl (C=O) groups excluding carboxylic acids is 1. The van der Waals surface area contributed by atoms with E-state index >= 15 is 0 Å². The van der Waals surface area contributed by atoms with E-state index in [4.69, 9.17) is 5.73 Å². The molecule has 0 aromatic carbocycles. The zero-order valence-electron chi connectivity index (χ0n) is 11.8. The third-order valence-corrected chi connectivity index (χ3v) is 5.02. The molecule has 1 aliphatic heterocycles. The number of amides is 1. The number of likely N-dealkylation sites (tertiary alicyclic amines) is 1. The van der Waals surface area contributed by atoms with Crippen LogP contribution < -0.4 is 5.73 Å². The molecule has 5 heteroatoms. The summed E-state index contributed by atoms with van der Waals surface area (Å²) in [6.45, 7) is 4.62. The Morgan fingerprint density at radius 1 is 1.26 bits per heavy atom. The van der Waals surface area contributed by atoms with E-state index in [0.717, 1.165) is 25.7 Å². The molecule has 0 aromatic rings. The van der Waals surface area contributed by atoms with Crippen LogP contribution in [0.4, 0.5) is 0 Å². The maximum atomic E-state index is 12.7. The Kier molecular flexibility index (Phi) is 3.60. The standard InChI is InChI=1S/C14H24N2O3/c1-13(12(18)19)6-4-8-16(9-13)11(17)14(2)7-3-5-10(14)15/h10H,3-9,15H2,1-2H3,(H,18,19). The van der Waals surface area contributed by atoms with Gasteiger partial charge in [0.1, 0.15) is 0 Å². The van der Waals surface area contributed by atoms with E-state index in [1.807, 2.05) is 6.92 Å². The van der Waals surface area contributed by atoms with Crippen molar-refractivity contribution in [2.45, 2.75) is 52.0 Å². The van der Waals surface area contributed by atoms with Crippen molar-refractivity contribution in [1.82, 2.24) is 4.90 Å². The van der Waals surface area contributed by atoms with Gasteiger partial charge in [-0.25, -0.2) is 0 Å². The first-order valence-electron chi connectivity index (χ1n) is 7.08. The average Bonchev–Trinajstić information content (AvgIpc) is 2.70. The Labute approximate surface area is 114 Å². The summed E-state index contributed by atoms with van der Waals surface area (Å²) in [4.78, 5) is 25.8. The Balaban J connectivity index is 2.14. The minimum Gasteiger partial charge on any atom is -0.481 e. The van der Waals surface area contributed by atoms with Crippen LogP contribution >= 0.6 is 0 Å². The minimum atomic E-state index is -0.814. The van der Waals surface area contributed by atoms with Crippen molar-refractivity contribution >= 4 is 11.9 Å². The molecular formula is C14H24N2O3. The molecule has 0 spiro atoms. The van der Waals surface area contributed by atoms with Crippen molar-refractivity contribution in [3.63, 3.8) is 0 Å². The fourth-order valence-corrected chi connectivity index (χ4v) is 3.41. The quantitative estimate of drug-likeness (QED) is 0.788. The van der Waals surface area contributed by atoms with Crippen molar-refractivity contribution in [1.29, 1.82) is 0 Å². The highest BCUT2D eigenvalue weighted by atomic mass is 16.4. The van der Waals surface area contributed by atoms with Gasteiger partial charge in [-0.2, -0.15) is 0 Å². The Bertz CT molecular complexity index is 398.